The Bertz CT molecular complexity index is 884. The van der Waals surface area contributed by atoms with Crippen molar-refractivity contribution in [2.24, 2.45) is 0 Å². The zero-order valence-electron chi connectivity index (χ0n) is 15.8. The maximum absolute atomic E-state index is 12.8. The fourth-order valence-corrected chi connectivity index (χ4v) is 2.82. The van der Waals surface area contributed by atoms with E-state index in [4.69, 9.17) is 16.3 Å². The van der Waals surface area contributed by atoms with Crippen LogP contribution >= 0.6 is 11.6 Å². The van der Waals surface area contributed by atoms with Crippen LogP contribution < -0.4 is 5.43 Å². The lowest BCUT2D eigenvalue weighted by molar-refractivity contribution is -0.143. The Labute approximate surface area is 170 Å². The average Bonchev–Trinajstić information content (AvgIpc) is 2.83. The molecule has 0 saturated carbocycles. The van der Waals surface area contributed by atoms with Gasteiger partial charge in [-0.15, -0.1) is 0 Å². The molecule has 7 nitrogen and oxygen atoms in total. The minimum atomic E-state index is -4.66. The molecule has 0 aliphatic rings. The summed E-state index contributed by atoms with van der Waals surface area (Å²) in [5, 5.41) is 19.8. The first-order valence-corrected chi connectivity index (χ1v) is 9.22. The molecule has 0 unspecified atom stereocenters. The number of carbonyl (C=O) groups is 1. The summed E-state index contributed by atoms with van der Waals surface area (Å²) >= 11 is 5.58. The summed E-state index contributed by atoms with van der Waals surface area (Å²) in [6, 6.07) is 1.74. The summed E-state index contributed by atoms with van der Waals surface area (Å²) in [5.74, 6) is -1.35. The summed E-state index contributed by atoms with van der Waals surface area (Å²) in [5.41, 5.74) is 1.97. The molecule has 0 saturated heterocycles. The van der Waals surface area contributed by atoms with Gasteiger partial charge in [-0.1, -0.05) is 24.9 Å². The maximum Gasteiger partial charge on any atom is 0.419 e. The monoisotopic (exact) mass is 435 g/mol. The van der Waals surface area contributed by atoms with E-state index >= 15 is 0 Å². The number of carbonyl (C=O) groups excluding carboxylic acids is 1. The predicted octanol–water partition coefficient (Wildman–Crippen LogP) is 4.43. The van der Waals surface area contributed by atoms with Crippen molar-refractivity contribution in [3.63, 3.8) is 0 Å². The number of nitrogens with zero attached hydrogens (tertiary/aromatic N) is 2. The first kappa shape index (κ1) is 22.7. The Morgan fingerprint density at radius 1 is 1.31 bits per heavy atom. The molecular weight excluding hydrogens is 415 g/mol. The summed E-state index contributed by atoms with van der Waals surface area (Å²) in [6.45, 7) is 3.80. The van der Waals surface area contributed by atoms with E-state index in [0.29, 0.717) is 17.7 Å². The molecule has 0 amide bonds. The summed E-state index contributed by atoms with van der Waals surface area (Å²) in [7, 11) is 0. The lowest BCUT2D eigenvalue weighted by Gasteiger charge is -2.12. The van der Waals surface area contributed by atoms with Gasteiger partial charge in [-0.2, -0.15) is 17.8 Å². The Balaban J connectivity index is 2.16. The van der Waals surface area contributed by atoms with E-state index in [1.807, 2.05) is 6.92 Å². The van der Waals surface area contributed by atoms with E-state index in [1.165, 1.54) is 6.92 Å². The molecule has 3 N–H and O–H groups in total. The second-order valence-electron chi connectivity index (χ2n) is 6.30. The zero-order chi connectivity index (χ0) is 21.8. The second kappa shape index (κ2) is 9.25. The largest absolute Gasteiger partial charge is 0.493 e. The van der Waals surface area contributed by atoms with Crippen molar-refractivity contribution >= 4 is 23.4 Å². The van der Waals surface area contributed by atoms with Crippen LogP contribution in [0, 0.1) is 6.92 Å². The summed E-state index contributed by atoms with van der Waals surface area (Å²) < 4.78 is 44.2. The third-order valence-electron chi connectivity index (χ3n) is 4.20. The number of aromatic nitrogens is 2. The van der Waals surface area contributed by atoms with Crippen LogP contribution in [0.25, 0.3) is 0 Å². The molecule has 0 aromatic carbocycles. The minimum Gasteiger partial charge on any atom is -0.493 e. The minimum absolute atomic E-state index is 0.00801. The molecule has 0 radical (unpaired) electrons. The molecule has 2 aromatic heterocycles. The number of hydrogen-bond acceptors (Lipinski definition) is 6. The number of pyridine rings is 1. The molecule has 0 bridgehead atoms. The van der Waals surface area contributed by atoms with E-state index in [2.05, 4.69) is 10.4 Å². The molecule has 2 rings (SSSR count). The van der Waals surface area contributed by atoms with E-state index in [-0.39, 0.29) is 24.5 Å². The Kier molecular flexibility index (Phi) is 7.23. The van der Waals surface area contributed by atoms with E-state index in [0.717, 1.165) is 29.7 Å². The zero-order valence-corrected chi connectivity index (χ0v) is 16.6. The lowest BCUT2D eigenvalue weighted by Crippen LogP contribution is -2.12. The van der Waals surface area contributed by atoms with Crippen LogP contribution in [0.3, 0.4) is 0 Å². The SMILES string of the molecule is CCCCOC(=O)CCc1c(C)c(O)n(Nc2ccc(C(F)(F)F)c(Cl)n2)c1O. The topological polar surface area (TPSA) is 96.6 Å². The number of alkyl halides is 3. The molecular formula is C18H21ClF3N3O4. The predicted molar refractivity (Wildman–Crippen MR) is 100.0 cm³/mol. The van der Waals surface area contributed by atoms with Crippen LogP contribution in [-0.4, -0.2) is 32.4 Å². The van der Waals surface area contributed by atoms with Gasteiger partial charge in [0.25, 0.3) is 0 Å². The van der Waals surface area contributed by atoms with E-state index in [1.54, 1.807) is 0 Å². The van der Waals surface area contributed by atoms with Crippen molar-refractivity contribution in [1.82, 2.24) is 9.66 Å². The smallest absolute Gasteiger partial charge is 0.419 e. The van der Waals surface area contributed by atoms with E-state index in [9.17, 15) is 28.2 Å². The Morgan fingerprint density at radius 3 is 2.59 bits per heavy atom. The number of anilines is 1. The molecule has 11 heteroatoms. The Hall–Kier alpha value is -2.62. The van der Waals surface area contributed by atoms with Crippen LogP contribution in [0.1, 0.15) is 42.9 Å². The average molecular weight is 436 g/mol. The third kappa shape index (κ3) is 5.47. The number of rotatable bonds is 8. The highest BCUT2D eigenvalue weighted by molar-refractivity contribution is 6.30. The number of hydrogen-bond donors (Lipinski definition) is 3. The third-order valence-corrected chi connectivity index (χ3v) is 4.49. The van der Waals surface area contributed by atoms with Crippen molar-refractivity contribution in [2.45, 2.75) is 45.7 Å². The van der Waals surface area contributed by atoms with Gasteiger partial charge in [0.15, 0.2) is 0 Å². The van der Waals surface area contributed by atoms with E-state index < -0.39 is 28.7 Å². The van der Waals surface area contributed by atoms with Crippen molar-refractivity contribution in [2.75, 3.05) is 12.0 Å². The first-order valence-electron chi connectivity index (χ1n) is 8.84. The number of halogens is 4. The normalized spacial score (nSPS) is 11.5. The molecule has 0 aliphatic carbocycles. The van der Waals surface area contributed by atoms with Gasteiger partial charge in [0.2, 0.25) is 11.8 Å². The summed E-state index contributed by atoms with van der Waals surface area (Å²) in [4.78, 5) is 15.3. The second-order valence-corrected chi connectivity index (χ2v) is 6.66. The lowest BCUT2D eigenvalue weighted by atomic mass is 10.1. The number of esters is 1. The molecule has 160 valence electrons. The van der Waals surface area contributed by atoms with Crippen LogP contribution in [0.5, 0.6) is 11.8 Å². The summed E-state index contributed by atoms with van der Waals surface area (Å²) in [6.07, 6.45) is -2.93. The standard InChI is InChI=1S/C18H21ClF3N3O4/c1-3-4-9-29-14(26)8-5-11-10(2)16(27)25(17(11)28)24-13-7-6-12(15(19)23-13)18(20,21)22/h6-7,27-28H,3-5,8-9H2,1-2H3,(H,23,24). The molecule has 2 heterocycles. The number of unbranched alkanes of at least 4 members (excludes halogenated alkanes) is 1. The quantitative estimate of drug-likeness (QED) is 0.322. The molecule has 2 aromatic rings. The van der Waals surface area contributed by atoms with Crippen LogP contribution in [0.2, 0.25) is 5.15 Å². The van der Waals surface area contributed by atoms with Gasteiger partial charge in [-0.05, 0) is 31.9 Å². The highest BCUT2D eigenvalue weighted by atomic mass is 35.5. The first-order chi connectivity index (χ1) is 13.6. The van der Waals surface area contributed by atoms with Crippen LogP contribution in [0.4, 0.5) is 19.0 Å². The van der Waals surface area contributed by atoms with Gasteiger partial charge in [0, 0.05) is 17.5 Å². The highest BCUT2D eigenvalue weighted by Gasteiger charge is 2.34. The van der Waals surface area contributed by atoms with Gasteiger partial charge >= 0.3 is 12.1 Å². The van der Waals surface area contributed by atoms with Crippen molar-refractivity contribution < 1.29 is 32.9 Å². The highest BCUT2D eigenvalue weighted by Crippen LogP contribution is 2.36. The van der Waals surface area contributed by atoms with Gasteiger partial charge < -0.3 is 14.9 Å². The molecule has 0 atom stereocenters. The molecule has 0 spiro atoms. The van der Waals surface area contributed by atoms with Crippen LogP contribution in [0.15, 0.2) is 12.1 Å². The van der Waals surface area contributed by atoms with Crippen molar-refractivity contribution in [1.29, 1.82) is 0 Å². The van der Waals surface area contributed by atoms with Gasteiger partial charge in [-0.3, -0.25) is 10.2 Å². The molecule has 29 heavy (non-hydrogen) atoms. The maximum atomic E-state index is 12.8. The van der Waals surface area contributed by atoms with Crippen LogP contribution in [-0.2, 0) is 22.1 Å². The fourth-order valence-electron chi connectivity index (χ4n) is 2.56. The van der Waals surface area contributed by atoms with Gasteiger partial charge in [0.05, 0.1) is 12.2 Å². The van der Waals surface area contributed by atoms with Crippen molar-refractivity contribution in [3.8, 4) is 11.8 Å². The van der Waals surface area contributed by atoms with Crippen molar-refractivity contribution in [3.05, 3.63) is 34.0 Å². The number of nitrogens with one attached hydrogen (secondary N) is 1. The van der Waals surface area contributed by atoms with Gasteiger partial charge in [-0.25, -0.2) is 4.98 Å². The molecule has 0 fully saturated rings. The number of aromatic hydroxyl groups is 2. The Morgan fingerprint density at radius 2 is 2.00 bits per heavy atom. The van der Waals surface area contributed by atoms with Gasteiger partial charge in [0.1, 0.15) is 11.0 Å². The number of ether oxygens (including phenoxy) is 1. The fraction of sp³-hybridized carbons (Fsp3) is 0.444. The molecule has 0 aliphatic heterocycles.